The minimum Gasteiger partial charge on any atom is -0.459 e. The molecule has 160 valence electrons. The van der Waals surface area contributed by atoms with Crippen LogP contribution in [0.5, 0.6) is 0 Å². The van der Waals surface area contributed by atoms with Crippen LogP contribution in [-0.4, -0.2) is 36.2 Å². The van der Waals surface area contributed by atoms with Gasteiger partial charge in [0, 0.05) is 6.42 Å². The van der Waals surface area contributed by atoms with E-state index in [1.165, 1.54) is 0 Å². The highest BCUT2D eigenvalue weighted by Crippen LogP contribution is 2.37. The SMILES string of the molecule is CCC(C(=O)OCC(F)(F)C(F)(F)F)C(CC)(CC)OC(=O)CCC(C)C. The standard InChI is InChI=1S/C18H29F5O4/c1-6-13(15(25)26-11-17(19,20)18(21,22)23)16(7-2,8-3)27-14(24)10-9-12(4)5/h12-13H,6-11H2,1-5H3. The molecule has 0 N–H and O–H groups in total. The van der Waals surface area contributed by atoms with Crippen molar-refractivity contribution < 1.29 is 41.0 Å². The molecule has 0 saturated heterocycles. The molecule has 0 aliphatic carbocycles. The molecule has 0 heterocycles. The Kier molecular flexibility index (Phi) is 9.69. The zero-order valence-electron chi connectivity index (χ0n) is 16.4. The molecule has 0 bridgehead atoms. The summed E-state index contributed by atoms with van der Waals surface area (Å²) in [4.78, 5) is 24.4. The van der Waals surface area contributed by atoms with E-state index in [4.69, 9.17) is 4.74 Å². The van der Waals surface area contributed by atoms with Crippen LogP contribution in [0.1, 0.15) is 66.7 Å². The van der Waals surface area contributed by atoms with Crippen molar-refractivity contribution >= 4 is 11.9 Å². The fourth-order valence-electron chi connectivity index (χ4n) is 2.74. The molecule has 1 unspecified atom stereocenters. The van der Waals surface area contributed by atoms with Gasteiger partial charge in [-0.25, -0.2) is 0 Å². The highest BCUT2D eigenvalue weighted by Gasteiger charge is 2.59. The molecule has 0 amide bonds. The third-order valence-corrected chi connectivity index (χ3v) is 4.58. The predicted molar refractivity (Wildman–Crippen MR) is 89.2 cm³/mol. The minimum absolute atomic E-state index is 0.0650. The Hall–Kier alpha value is -1.41. The number of halogens is 5. The van der Waals surface area contributed by atoms with E-state index in [1.807, 2.05) is 13.8 Å². The van der Waals surface area contributed by atoms with Gasteiger partial charge in [-0.2, -0.15) is 22.0 Å². The fraction of sp³-hybridized carbons (Fsp3) is 0.889. The molecule has 0 aromatic rings. The van der Waals surface area contributed by atoms with Crippen LogP contribution in [0.3, 0.4) is 0 Å². The topological polar surface area (TPSA) is 52.6 Å². The summed E-state index contributed by atoms with van der Waals surface area (Å²) in [5.41, 5.74) is -1.31. The van der Waals surface area contributed by atoms with Gasteiger partial charge < -0.3 is 9.47 Å². The van der Waals surface area contributed by atoms with Crippen molar-refractivity contribution in [2.75, 3.05) is 6.61 Å². The number of alkyl halides is 5. The Labute approximate surface area is 156 Å². The van der Waals surface area contributed by atoms with Crippen LogP contribution in [0.4, 0.5) is 22.0 Å². The second-order valence-electron chi connectivity index (χ2n) is 6.95. The number of hydrogen-bond acceptors (Lipinski definition) is 4. The van der Waals surface area contributed by atoms with Gasteiger partial charge in [0.15, 0.2) is 6.61 Å². The van der Waals surface area contributed by atoms with Gasteiger partial charge in [0.1, 0.15) is 5.60 Å². The molecule has 0 saturated carbocycles. The van der Waals surface area contributed by atoms with Crippen LogP contribution in [0.25, 0.3) is 0 Å². The lowest BCUT2D eigenvalue weighted by Crippen LogP contribution is -2.48. The molecular formula is C18H29F5O4. The number of carbonyl (C=O) groups is 2. The van der Waals surface area contributed by atoms with Gasteiger partial charge in [0.2, 0.25) is 0 Å². The maximum absolute atomic E-state index is 13.0. The minimum atomic E-state index is -5.81. The second-order valence-corrected chi connectivity index (χ2v) is 6.95. The third-order valence-electron chi connectivity index (χ3n) is 4.58. The predicted octanol–water partition coefficient (Wildman–Crippen LogP) is 5.29. The lowest BCUT2D eigenvalue weighted by molar-refractivity contribution is -0.295. The molecule has 1 atom stereocenters. The molecule has 0 aliphatic heterocycles. The van der Waals surface area contributed by atoms with E-state index in [0.717, 1.165) is 0 Å². The number of esters is 2. The van der Waals surface area contributed by atoms with Crippen LogP contribution in [-0.2, 0) is 19.1 Å². The van der Waals surface area contributed by atoms with Crippen LogP contribution >= 0.6 is 0 Å². The van der Waals surface area contributed by atoms with Gasteiger partial charge in [0.25, 0.3) is 0 Å². The summed E-state index contributed by atoms with van der Waals surface area (Å²) in [5, 5.41) is 0. The van der Waals surface area contributed by atoms with Crippen molar-refractivity contribution in [1.82, 2.24) is 0 Å². The number of hydrogen-bond donors (Lipinski definition) is 0. The summed E-state index contributed by atoms with van der Waals surface area (Å²) in [7, 11) is 0. The molecule has 0 fully saturated rings. The zero-order valence-corrected chi connectivity index (χ0v) is 16.4. The summed E-state index contributed by atoms with van der Waals surface area (Å²) in [6.45, 7) is 6.60. The first-order chi connectivity index (χ1) is 12.3. The first kappa shape index (κ1) is 25.6. The molecular weight excluding hydrogens is 375 g/mol. The second kappa shape index (κ2) is 10.2. The van der Waals surface area contributed by atoms with Crippen molar-refractivity contribution in [3.8, 4) is 0 Å². The summed E-state index contributed by atoms with van der Waals surface area (Å²) < 4.78 is 72.6. The molecule has 27 heavy (non-hydrogen) atoms. The highest BCUT2D eigenvalue weighted by atomic mass is 19.4. The van der Waals surface area contributed by atoms with Crippen LogP contribution < -0.4 is 0 Å². The van der Waals surface area contributed by atoms with Gasteiger partial charge in [-0.15, -0.1) is 0 Å². The normalized spacial score (nSPS) is 14.2. The van der Waals surface area contributed by atoms with E-state index in [-0.39, 0.29) is 31.6 Å². The number of rotatable bonds is 11. The monoisotopic (exact) mass is 404 g/mol. The summed E-state index contributed by atoms with van der Waals surface area (Å²) in [6.07, 6.45) is -4.67. The molecule has 0 aromatic carbocycles. The molecule has 0 radical (unpaired) electrons. The molecule has 0 rings (SSSR count). The van der Waals surface area contributed by atoms with Crippen molar-refractivity contribution in [2.24, 2.45) is 11.8 Å². The molecule has 0 spiro atoms. The van der Waals surface area contributed by atoms with Crippen LogP contribution in [0, 0.1) is 11.8 Å². The summed E-state index contributed by atoms with van der Waals surface area (Å²) >= 11 is 0. The number of ether oxygens (including phenoxy) is 2. The maximum Gasteiger partial charge on any atom is 0.456 e. The van der Waals surface area contributed by atoms with Crippen molar-refractivity contribution in [3.63, 3.8) is 0 Å². The average molecular weight is 404 g/mol. The van der Waals surface area contributed by atoms with Gasteiger partial charge in [-0.1, -0.05) is 34.6 Å². The van der Waals surface area contributed by atoms with Gasteiger partial charge in [-0.05, 0) is 31.6 Å². The van der Waals surface area contributed by atoms with Crippen LogP contribution in [0.2, 0.25) is 0 Å². The lowest BCUT2D eigenvalue weighted by atomic mass is 9.80. The summed E-state index contributed by atoms with van der Waals surface area (Å²) in [5.74, 6) is -7.80. The third kappa shape index (κ3) is 7.25. The zero-order chi connectivity index (χ0) is 21.5. The van der Waals surface area contributed by atoms with Gasteiger partial charge in [0.05, 0.1) is 5.92 Å². The van der Waals surface area contributed by atoms with Gasteiger partial charge in [-0.3, -0.25) is 9.59 Å². The van der Waals surface area contributed by atoms with E-state index in [9.17, 15) is 31.5 Å². The Morgan fingerprint density at radius 3 is 1.85 bits per heavy atom. The lowest BCUT2D eigenvalue weighted by Gasteiger charge is -2.37. The average Bonchev–Trinajstić information content (AvgIpc) is 2.56. The molecule has 0 aliphatic rings. The summed E-state index contributed by atoms with van der Waals surface area (Å²) in [6, 6.07) is 0. The van der Waals surface area contributed by atoms with E-state index in [0.29, 0.717) is 6.42 Å². The van der Waals surface area contributed by atoms with Crippen molar-refractivity contribution in [2.45, 2.75) is 84.4 Å². The first-order valence-corrected chi connectivity index (χ1v) is 9.09. The Balaban J connectivity index is 5.27. The molecule has 9 heteroatoms. The van der Waals surface area contributed by atoms with Crippen molar-refractivity contribution in [1.29, 1.82) is 0 Å². The first-order valence-electron chi connectivity index (χ1n) is 9.09. The Bertz CT molecular complexity index is 485. The van der Waals surface area contributed by atoms with E-state index in [2.05, 4.69) is 4.74 Å². The van der Waals surface area contributed by atoms with E-state index >= 15 is 0 Å². The van der Waals surface area contributed by atoms with E-state index in [1.54, 1.807) is 20.8 Å². The number of carbonyl (C=O) groups excluding carboxylic acids is 2. The fourth-order valence-corrected chi connectivity index (χ4v) is 2.74. The van der Waals surface area contributed by atoms with Gasteiger partial charge >= 0.3 is 24.0 Å². The maximum atomic E-state index is 13.0. The Morgan fingerprint density at radius 1 is 0.963 bits per heavy atom. The molecule has 0 aromatic heterocycles. The highest BCUT2D eigenvalue weighted by molar-refractivity contribution is 5.76. The quantitative estimate of drug-likeness (QED) is 0.347. The Morgan fingerprint density at radius 2 is 1.48 bits per heavy atom. The van der Waals surface area contributed by atoms with Crippen molar-refractivity contribution in [3.05, 3.63) is 0 Å². The smallest absolute Gasteiger partial charge is 0.456 e. The molecule has 4 nitrogen and oxygen atoms in total. The van der Waals surface area contributed by atoms with Crippen LogP contribution in [0.15, 0.2) is 0 Å². The largest absolute Gasteiger partial charge is 0.459 e. The van der Waals surface area contributed by atoms with E-state index < -0.39 is 42.2 Å².